The van der Waals surface area contributed by atoms with Crippen LogP contribution in [-0.4, -0.2) is 35.1 Å². The number of carboxylic acids is 1. The normalized spacial score (nSPS) is 17.8. The van der Waals surface area contributed by atoms with Crippen LogP contribution < -0.4 is 5.32 Å². The Labute approximate surface area is 132 Å². The first-order chi connectivity index (χ1) is 9.99. The van der Waals surface area contributed by atoms with Crippen LogP contribution in [0.25, 0.3) is 0 Å². The number of carboxylic acid groups (broad SMARTS) is 1. The predicted molar refractivity (Wildman–Crippen MR) is 80.8 cm³/mol. The van der Waals surface area contributed by atoms with Crippen LogP contribution in [0.2, 0.25) is 10.0 Å². The third-order valence-corrected chi connectivity index (χ3v) is 4.20. The second-order valence-corrected chi connectivity index (χ2v) is 5.72. The minimum atomic E-state index is -0.933. The molecular formula is C14H16Cl2N2O3. The molecule has 1 fully saturated rings. The fourth-order valence-corrected chi connectivity index (χ4v) is 2.76. The van der Waals surface area contributed by atoms with E-state index in [0.29, 0.717) is 16.6 Å². The molecule has 114 valence electrons. The van der Waals surface area contributed by atoms with E-state index in [1.807, 2.05) is 6.07 Å². The lowest BCUT2D eigenvalue weighted by Crippen LogP contribution is -2.40. The fraction of sp³-hybridized carbons (Fsp3) is 0.429. The summed E-state index contributed by atoms with van der Waals surface area (Å²) < 4.78 is 0. The Morgan fingerprint density at radius 3 is 2.76 bits per heavy atom. The van der Waals surface area contributed by atoms with Gasteiger partial charge in [-0.3, -0.25) is 4.79 Å². The second kappa shape index (κ2) is 7.00. The van der Waals surface area contributed by atoms with Gasteiger partial charge in [0.2, 0.25) is 0 Å². The molecule has 1 aromatic rings. The van der Waals surface area contributed by atoms with Crippen molar-refractivity contribution >= 4 is 35.2 Å². The van der Waals surface area contributed by atoms with Gasteiger partial charge in [-0.2, -0.15) is 0 Å². The molecule has 2 rings (SSSR count). The maximum atomic E-state index is 12.1. The minimum Gasteiger partial charge on any atom is -0.481 e. The van der Waals surface area contributed by atoms with E-state index in [1.165, 1.54) is 0 Å². The number of benzene rings is 1. The Bertz CT molecular complexity index is 551. The van der Waals surface area contributed by atoms with Crippen LogP contribution in [0, 0.1) is 0 Å². The number of hydrogen-bond acceptors (Lipinski definition) is 2. The van der Waals surface area contributed by atoms with E-state index in [-0.39, 0.29) is 25.0 Å². The molecule has 0 bridgehead atoms. The summed E-state index contributed by atoms with van der Waals surface area (Å²) >= 11 is 11.9. The summed E-state index contributed by atoms with van der Waals surface area (Å²) in [7, 11) is 0. The predicted octanol–water partition coefficient (Wildman–Crippen LogP) is 3.31. The summed E-state index contributed by atoms with van der Waals surface area (Å²) in [5.74, 6) is -0.933. The van der Waals surface area contributed by atoms with Gasteiger partial charge in [0, 0.05) is 13.1 Å². The van der Waals surface area contributed by atoms with E-state index in [9.17, 15) is 9.59 Å². The number of likely N-dealkylation sites (tertiary alicyclic amines) is 1. The van der Waals surface area contributed by atoms with Crippen molar-refractivity contribution in [2.45, 2.75) is 25.3 Å². The summed E-state index contributed by atoms with van der Waals surface area (Å²) in [6.45, 7) is 0.766. The van der Waals surface area contributed by atoms with Gasteiger partial charge in [0.1, 0.15) is 0 Å². The Hall–Kier alpha value is -1.46. The maximum Gasteiger partial charge on any atom is 0.317 e. The van der Waals surface area contributed by atoms with Crippen LogP contribution in [0.1, 0.15) is 30.9 Å². The second-order valence-electron chi connectivity index (χ2n) is 4.90. The van der Waals surface area contributed by atoms with E-state index in [0.717, 1.165) is 18.4 Å². The van der Waals surface area contributed by atoms with Gasteiger partial charge in [-0.25, -0.2) is 4.79 Å². The highest BCUT2D eigenvalue weighted by Gasteiger charge is 2.30. The highest BCUT2D eigenvalue weighted by atomic mass is 35.5. The fourth-order valence-electron chi connectivity index (χ4n) is 2.45. The minimum absolute atomic E-state index is 0.0513. The molecule has 1 unspecified atom stereocenters. The van der Waals surface area contributed by atoms with Crippen molar-refractivity contribution in [3.05, 3.63) is 33.8 Å². The summed E-state index contributed by atoms with van der Waals surface area (Å²) in [6, 6.07) is 5.06. The largest absolute Gasteiger partial charge is 0.481 e. The van der Waals surface area contributed by atoms with Gasteiger partial charge in [-0.15, -0.1) is 0 Å². The van der Waals surface area contributed by atoms with Gasteiger partial charge in [0.25, 0.3) is 0 Å². The van der Waals surface area contributed by atoms with E-state index >= 15 is 0 Å². The Morgan fingerprint density at radius 1 is 1.33 bits per heavy atom. The Morgan fingerprint density at radius 2 is 2.10 bits per heavy atom. The molecule has 5 nitrogen and oxygen atoms in total. The molecule has 1 saturated heterocycles. The van der Waals surface area contributed by atoms with Crippen molar-refractivity contribution in [3.63, 3.8) is 0 Å². The Kier molecular flexibility index (Phi) is 5.31. The molecule has 1 atom stereocenters. The summed E-state index contributed by atoms with van der Waals surface area (Å²) in [5.41, 5.74) is 0.940. The van der Waals surface area contributed by atoms with Crippen LogP contribution in [0.3, 0.4) is 0 Å². The molecule has 1 aliphatic rings. The summed E-state index contributed by atoms with van der Waals surface area (Å²) in [4.78, 5) is 24.3. The first-order valence-electron chi connectivity index (χ1n) is 6.70. The van der Waals surface area contributed by atoms with Crippen molar-refractivity contribution in [1.82, 2.24) is 10.2 Å². The molecule has 1 heterocycles. The van der Waals surface area contributed by atoms with Gasteiger partial charge in [-0.1, -0.05) is 29.3 Å². The number of rotatable bonds is 4. The average molecular weight is 331 g/mol. The zero-order chi connectivity index (χ0) is 15.4. The molecule has 0 spiro atoms. The molecular weight excluding hydrogens is 315 g/mol. The number of urea groups is 1. The van der Waals surface area contributed by atoms with Crippen molar-refractivity contribution in [2.24, 2.45) is 0 Å². The molecule has 2 amide bonds. The number of amides is 2. The molecule has 21 heavy (non-hydrogen) atoms. The molecule has 1 aromatic carbocycles. The highest BCUT2D eigenvalue weighted by Crippen LogP contribution is 2.34. The van der Waals surface area contributed by atoms with Crippen molar-refractivity contribution < 1.29 is 14.7 Å². The lowest BCUT2D eigenvalue weighted by molar-refractivity contribution is -0.136. The standard InChI is InChI=1S/C14H16Cl2N2O3/c15-10-4-3-9(8-11(10)16)12-2-1-7-18(12)14(21)17-6-5-13(19)20/h3-4,8,12H,1-2,5-7H2,(H,17,21)(H,19,20). The molecule has 1 aliphatic heterocycles. The molecule has 0 radical (unpaired) electrons. The molecule has 0 saturated carbocycles. The molecule has 2 N–H and O–H groups in total. The van der Waals surface area contributed by atoms with Crippen LogP contribution in [-0.2, 0) is 4.79 Å². The number of carbonyl (C=O) groups excluding carboxylic acids is 1. The van der Waals surface area contributed by atoms with Crippen LogP contribution in [0.4, 0.5) is 4.79 Å². The molecule has 0 aromatic heterocycles. The van der Waals surface area contributed by atoms with Gasteiger partial charge in [0.05, 0.1) is 22.5 Å². The number of halogens is 2. The Balaban J connectivity index is 2.03. The van der Waals surface area contributed by atoms with E-state index in [1.54, 1.807) is 17.0 Å². The van der Waals surface area contributed by atoms with Crippen LogP contribution in [0.15, 0.2) is 18.2 Å². The monoisotopic (exact) mass is 330 g/mol. The zero-order valence-corrected chi connectivity index (χ0v) is 12.8. The summed E-state index contributed by atoms with van der Waals surface area (Å²) in [5, 5.41) is 12.2. The third-order valence-electron chi connectivity index (χ3n) is 3.46. The maximum absolute atomic E-state index is 12.1. The first-order valence-corrected chi connectivity index (χ1v) is 7.46. The molecule has 7 heteroatoms. The SMILES string of the molecule is O=C(O)CCNC(=O)N1CCCC1c1ccc(Cl)c(Cl)c1. The zero-order valence-electron chi connectivity index (χ0n) is 11.3. The number of carbonyl (C=O) groups is 2. The van der Waals surface area contributed by atoms with Crippen molar-refractivity contribution in [2.75, 3.05) is 13.1 Å². The number of nitrogens with one attached hydrogen (secondary N) is 1. The quantitative estimate of drug-likeness (QED) is 0.889. The van der Waals surface area contributed by atoms with E-state index in [4.69, 9.17) is 28.3 Å². The van der Waals surface area contributed by atoms with Gasteiger partial charge < -0.3 is 15.3 Å². The smallest absolute Gasteiger partial charge is 0.317 e. The van der Waals surface area contributed by atoms with Crippen LogP contribution in [0.5, 0.6) is 0 Å². The number of hydrogen-bond donors (Lipinski definition) is 2. The lowest BCUT2D eigenvalue weighted by atomic mass is 10.0. The van der Waals surface area contributed by atoms with Gasteiger partial charge >= 0.3 is 12.0 Å². The van der Waals surface area contributed by atoms with Crippen molar-refractivity contribution in [3.8, 4) is 0 Å². The van der Waals surface area contributed by atoms with Gasteiger partial charge in [-0.05, 0) is 30.5 Å². The number of nitrogens with zero attached hydrogens (tertiary/aromatic N) is 1. The third kappa shape index (κ3) is 4.02. The van der Waals surface area contributed by atoms with Gasteiger partial charge in [0.15, 0.2) is 0 Å². The van der Waals surface area contributed by atoms with Crippen molar-refractivity contribution in [1.29, 1.82) is 0 Å². The topological polar surface area (TPSA) is 69.6 Å². The first kappa shape index (κ1) is 15.9. The lowest BCUT2D eigenvalue weighted by Gasteiger charge is -2.25. The van der Waals surface area contributed by atoms with E-state index < -0.39 is 5.97 Å². The van der Waals surface area contributed by atoms with Crippen LogP contribution >= 0.6 is 23.2 Å². The van der Waals surface area contributed by atoms with E-state index in [2.05, 4.69) is 5.32 Å². The number of aliphatic carboxylic acids is 1. The summed E-state index contributed by atoms with van der Waals surface area (Å²) in [6.07, 6.45) is 1.67. The highest BCUT2D eigenvalue weighted by molar-refractivity contribution is 6.42. The average Bonchev–Trinajstić information content (AvgIpc) is 2.90. The molecule has 0 aliphatic carbocycles.